The summed E-state index contributed by atoms with van der Waals surface area (Å²) in [4.78, 5) is 30.1. The Morgan fingerprint density at radius 1 is 1.11 bits per heavy atom. The van der Waals surface area contributed by atoms with E-state index >= 15 is 0 Å². The number of thiazole rings is 1. The second kappa shape index (κ2) is 7.13. The second-order valence-electron chi connectivity index (χ2n) is 8.15. The van der Waals surface area contributed by atoms with Gasteiger partial charge in [-0.1, -0.05) is 50.3 Å². The van der Waals surface area contributed by atoms with E-state index in [4.69, 9.17) is 4.74 Å². The van der Waals surface area contributed by atoms with Crippen LogP contribution < -0.4 is 4.74 Å². The molecule has 0 N–H and O–H groups in total. The summed E-state index contributed by atoms with van der Waals surface area (Å²) in [6, 6.07) is 13.6. The molecule has 0 spiro atoms. The molecule has 0 saturated heterocycles. The number of rotatable bonds is 4. The summed E-state index contributed by atoms with van der Waals surface area (Å²) in [5, 5.41) is 0.554. The van der Waals surface area contributed by atoms with Crippen molar-refractivity contribution in [3.63, 3.8) is 0 Å². The number of para-hydroxylation sites is 1. The van der Waals surface area contributed by atoms with Crippen LogP contribution in [-0.2, 0) is 16.0 Å². The van der Waals surface area contributed by atoms with E-state index in [2.05, 4.69) is 4.98 Å². The number of hydrogen-bond donors (Lipinski definition) is 0. The lowest BCUT2D eigenvalue weighted by Gasteiger charge is -2.33. The molecular formula is C23H23NO3S. The Bertz CT molecular complexity index is 1010. The summed E-state index contributed by atoms with van der Waals surface area (Å²) in [6.07, 6.45) is 1.61. The third-order valence-corrected chi connectivity index (χ3v) is 6.15. The molecule has 4 rings (SSSR count). The van der Waals surface area contributed by atoms with Crippen molar-refractivity contribution < 1.29 is 14.3 Å². The molecule has 1 aliphatic carbocycles. The zero-order valence-electron chi connectivity index (χ0n) is 16.3. The zero-order valence-corrected chi connectivity index (χ0v) is 17.1. The first-order valence-electron chi connectivity index (χ1n) is 9.58. The number of carbonyl (C=O) groups is 2. The molecule has 0 bridgehead atoms. The largest absolute Gasteiger partial charge is 0.431 e. The average Bonchev–Trinajstić information content (AvgIpc) is 3.02. The highest BCUT2D eigenvalue weighted by Crippen LogP contribution is 2.40. The minimum atomic E-state index is -0.679. The molecule has 3 aromatic rings. The Labute approximate surface area is 168 Å². The fraction of sp³-hybridized carbons (Fsp3) is 0.348. The smallest absolute Gasteiger partial charge is 0.279 e. The van der Waals surface area contributed by atoms with Crippen molar-refractivity contribution in [2.45, 2.75) is 46.0 Å². The van der Waals surface area contributed by atoms with Crippen LogP contribution in [0.1, 0.15) is 50.7 Å². The van der Waals surface area contributed by atoms with E-state index in [9.17, 15) is 9.59 Å². The van der Waals surface area contributed by atoms with Gasteiger partial charge >= 0.3 is 0 Å². The van der Waals surface area contributed by atoms with Gasteiger partial charge < -0.3 is 4.74 Å². The van der Waals surface area contributed by atoms with E-state index in [1.54, 1.807) is 0 Å². The van der Waals surface area contributed by atoms with Crippen LogP contribution in [0.5, 0.6) is 10.9 Å². The van der Waals surface area contributed by atoms with E-state index in [-0.39, 0.29) is 17.0 Å². The van der Waals surface area contributed by atoms with Crippen LogP contribution >= 0.6 is 11.3 Å². The number of fused-ring (bicyclic) bond motifs is 1. The van der Waals surface area contributed by atoms with Gasteiger partial charge in [0.05, 0.1) is 10.2 Å². The summed E-state index contributed by atoms with van der Waals surface area (Å²) >= 11 is 1.48. The van der Waals surface area contributed by atoms with Gasteiger partial charge in [0.15, 0.2) is 0 Å². The number of nitrogens with zero attached hydrogens (tertiary/aromatic N) is 1. The lowest BCUT2D eigenvalue weighted by atomic mass is 9.69. The second-order valence-corrected chi connectivity index (χ2v) is 9.14. The van der Waals surface area contributed by atoms with Crippen molar-refractivity contribution in [3.8, 4) is 10.9 Å². The summed E-state index contributed by atoms with van der Waals surface area (Å²) in [5.41, 5.74) is 2.44. The fourth-order valence-electron chi connectivity index (χ4n) is 3.96. The third-order valence-electron chi connectivity index (χ3n) is 5.24. The zero-order chi connectivity index (χ0) is 19.9. The number of aromatic nitrogens is 1. The topological polar surface area (TPSA) is 56.3 Å². The lowest BCUT2D eigenvalue weighted by Crippen LogP contribution is -2.36. The molecule has 144 valence electrons. The number of Topliss-reactive ketones (excluding diaryl/α,β-unsaturated/α-hetero) is 2. The predicted molar refractivity (Wildman–Crippen MR) is 111 cm³/mol. The Kier molecular flexibility index (Phi) is 4.79. The molecule has 0 atom stereocenters. The van der Waals surface area contributed by atoms with Crippen LogP contribution in [0.25, 0.3) is 10.2 Å². The minimum absolute atomic E-state index is 0.00749. The normalized spacial score (nSPS) is 17.2. The molecular weight excluding hydrogens is 370 g/mol. The molecule has 0 radical (unpaired) electrons. The summed E-state index contributed by atoms with van der Waals surface area (Å²) in [7, 11) is 0. The molecule has 1 fully saturated rings. The highest BCUT2D eigenvalue weighted by atomic mass is 32.1. The first-order valence-corrected chi connectivity index (χ1v) is 10.4. The maximum Gasteiger partial charge on any atom is 0.279 e. The van der Waals surface area contributed by atoms with Crippen LogP contribution in [0, 0.1) is 5.41 Å². The number of ether oxygens (including phenoxy) is 1. The molecule has 0 unspecified atom stereocenters. The maximum absolute atomic E-state index is 12.8. The van der Waals surface area contributed by atoms with Crippen LogP contribution in [-0.4, -0.2) is 16.6 Å². The Morgan fingerprint density at radius 3 is 2.50 bits per heavy atom. The van der Waals surface area contributed by atoms with Crippen molar-refractivity contribution in [2.24, 2.45) is 5.41 Å². The summed E-state index contributed by atoms with van der Waals surface area (Å²) in [6.45, 7) is 5.99. The molecule has 2 aromatic carbocycles. The van der Waals surface area contributed by atoms with Crippen LogP contribution in [0.3, 0.4) is 0 Å². The Balaban J connectivity index is 1.68. The lowest BCUT2D eigenvalue weighted by molar-refractivity contribution is -0.135. The molecule has 1 aliphatic rings. The molecule has 1 saturated carbocycles. The van der Waals surface area contributed by atoms with Gasteiger partial charge in [0.1, 0.15) is 23.2 Å². The molecule has 28 heavy (non-hydrogen) atoms. The van der Waals surface area contributed by atoms with Gasteiger partial charge in [0.2, 0.25) is 0 Å². The highest BCUT2D eigenvalue weighted by molar-refractivity contribution is 7.20. The molecule has 1 heterocycles. The summed E-state index contributed by atoms with van der Waals surface area (Å²) < 4.78 is 7.05. The molecule has 0 amide bonds. The van der Waals surface area contributed by atoms with Gasteiger partial charge in [-0.25, -0.2) is 4.98 Å². The van der Waals surface area contributed by atoms with Crippen molar-refractivity contribution in [1.82, 2.24) is 4.98 Å². The van der Waals surface area contributed by atoms with Gasteiger partial charge in [0.25, 0.3) is 5.19 Å². The predicted octanol–water partition coefficient (Wildman–Crippen LogP) is 5.69. The quantitative estimate of drug-likeness (QED) is 0.534. The first kappa shape index (κ1) is 18.8. The number of benzene rings is 2. The van der Waals surface area contributed by atoms with Crippen molar-refractivity contribution in [2.75, 3.05) is 0 Å². The SMILES string of the molecule is CCc1ccc(Oc2nc3ccccc3s2)cc1C1C(=O)CC(C)(C)CC1=O. The van der Waals surface area contributed by atoms with Crippen molar-refractivity contribution in [3.05, 3.63) is 53.6 Å². The standard InChI is InChI=1S/C23H23NO3S/c1-4-14-9-10-15(27-22-24-17-7-5-6-8-20(17)28-22)11-16(14)21-18(25)12-23(2,3)13-19(21)26/h5-11,21H,4,12-13H2,1-3H3. The number of carbonyl (C=O) groups excluding carboxylic acids is 2. The monoisotopic (exact) mass is 393 g/mol. The van der Waals surface area contributed by atoms with E-state index in [0.29, 0.717) is 23.8 Å². The Morgan fingerprint density at radius 2 is 1.82 bits per heavy atom. The number of ketones is 2. The van der Waals surface area contributed by atoms with Crippen LogP contribution in [0.4, 0.5) is 0 Å². The summed E-state index contributed by atoms with van der Waals surface area (Å²) in [5.74, 6) is -0.0558. The van der Waals surface area contributed by atoms with Crippen LogP contribution in [0.15, 0.2) is 42.5 Å². The number of hydrogen-bond acceptors (Lipinski definition) is 5. The number of aryl methyl sites for hydroxylation is 1. The maximum atomic E-state index is 12.8. The molecule has 5 heteroatoms. The van der Waals surface area contributed by atoms with E-state index in [1.165, 1.54) is 11.3 Å². The van der Waals surface area contributed by atoms with Gasteiger partial charge in [0, 0.05) is 12.8 Å². The third kappa shape index (κ3) is 3.59. The van der Waals surface area contributed by atoms with Gasteiger partial charge in [-0.05, 0) is 47.2 Å². The van der Waals surface area contributed by atoms with Gasteiger partial charge in [-0.2, -0.15) is 0 Å². The van der Waals surface area contributed by atoms with E-state index in [0.717, 1.165) is 27.8 Å². The molecule has 0 aliphatic heterocycles. The van der Waals surface area contributed by atoms with Gasteiger partial charge in [-0.3, -0.25) is 9.59 Å². The first-order chi connectivity index (χ1) is 13.4. The van der Waals surface area contributed by atoms with Crippen LogP contribution in [0.2, 0.25) is 0 Å². The van der Waals surface area contributed by atoms with E-state index < -0.39 is 5.92 Å². The van der Waals surface area contributed by atoms with Gasteiger partial charge in [-0.15, -0.1) is 0 Å². The van der Waals surface area contributed by atoms with Crippen molar-refractivity contribution in [1.29, 1.82) is 0 Å². The Hall–Kier alpha value is -2.53. The minimum Gasteiger partial charge on any atom is -0.431 e. The van der Waals surface area contributed by atoms with E-state index in [1.807, 2.05) is 63.2 Å². The van der Waals surface area contributed by atoms with Crippen molar-refractivity contribution >= 4 is 33.1 Å². The molecule has 4 nitrogen and oxygen atoms in total. The molecule has 1 aromatic heterocycles. The highest BCUT2D eigenvalue weighted by Gasteiger charge is 2.41. The fourth-order valence-corrected chi connectivity index (χ4v) is 4.79. The average molecular weight is 394 g/mol.